The Morgan fingerprint density at radius 1 is 0.627 bits per heavy atom. The Morgan fingerprint density at radius 3 is 1.35 bits per heavy atom. The molecule has 5 saturated heterocycles. The number of likely N-dealkylation sites (tertiary alicyclic amines) is 5. The zero-order valence-electron chi connectivity index (χ0n) is 52.5. The number of rotatable bonds is 5. The molecule has 4 saturated carbocycles. The Labute approximate surface area is 468 Å². The first kappa shape index (κ1) is 69.1. The van der Waals surface area contributed by atoms with Crippen LogP contribution in [0.2, 0.25) is 0 Å². The first-order chi connectivity index (χ1) is 36.2. The Bertz CT molecular complexity index is 1440. The van der Waals surface area contributed by atoms with E-state index < -0.39 is 0 Å². The van der Waals surface area contributed by atoms with Gasteiger partial charge >= 0.3 is 0 Å². The molecule has 0 amide bonds. The monoisotopic (exact) mass is 1050 g/mol. The van der Waals surface area contributed by atoms with E-state index in [1.807, 2.05) is 31.4 Å². The SMILES string of the molecule is C1=CCN=C1.C1=CN=CC1.C1CCN(C23CC4CC(CC(C4)C2)C3)CC1.CC(C)(C)N1CCCCC1.CC(C)N1CCCCC1.CC1=CC(C)=NC1.CCC.CCCCC.CCN1CCCCC1.CN1CCCCC1. The van der Waals surface area contributed by atoms with Crippen molar-refractivity contribution in [3.8, 4) is 0 Å². The smallest absolute Gasteiger partial charge is 0.0603 e. The van der Waals surface area contributed by atoms with Crippen LogP contribution in [0.25, 0.3) is 0 Å². The summed E-state index contributed by atoms with van der Waals surface area (Å²) in [7, 11) is 2.19. The van der Waals surface area contributed by atoms with Crippen molar-refractivity contribution < 1.29 is 0 Å². The third-order valence-corrected chi connectivity index (χ3v) is 16.8. The minimum absolute atomic E-state index is 0.403. The molecule has 12 aliphatic rings. The summed E-state index contributed by atoms with van der Waals surface area (Å²) in [5, 5.41) is 0. The van der Waals surface area contributed by atoms with Crippen LogP contribution in [0, 0.1) is 17.8 Å². The first-order valence-electron chi connectivity index (χ1n) is 32.3. The molecular weight excluding hydrogens is 917 g/mol. The van der Waals surface area contributed by atoms with Crippen molar-refractivity contribution in [2.45, 2.75) is 267 Å². The minimum Gasteiger partial charge on any atom is -0.306 e. The second-order valence-electron chi connectivity index (χ2n) is 25.4. The van der Waals surface area contributed by atoms with E-state index in [0.717, 1.165) is 49.0 Å². The topological polar surface area (TPSA) is 53.3 Å². The van der Waals surface area contributed by atoms with E-state index in [1.54, 1.807) is 50.9 Å². The number of hydrogen-bond donors (Lipinski definition) is 0. The second kappa shape index (κ2) is 42.9. The highest BCUT2D eigenvalue weighted by atomic mass is 15.2. The minimum atomic E-state index is 0.403. The molecule has 75 heavy (non-hydrogen) atoms. The standard InChI is InChI=1S/C15H25N.C9H19N.C8H17N.C7H15N.C6H9N.C6H13N.C5H12.2C4H5N.C3H8/c1-2-4-16(5-3-1)15-9-12-6-13(10-15)8-14(7-12)11-15;1-9(2,3)10-7-5-4-6-8-10;1-8(2)9-6-4-3-5-7-9;1-2-8-6-4-3-5-7-8;1-5-3-6(2)7-4-5;1-7-5-3-2-4-6-7;1-3-5-4-2;2*1-2-4-5-3-1;1-3-2/h12-14H,1-11H2;4-8H2,1-3H3;8H,3-7H2,1-2H3;2-7H2,1H3;3H,4H2,1-2H3;2-6H2,1H3;3-5H2,1-2H3;1,3-4H,2H2;1-3H,4H2;3H2,1-2H3. The predicted molar refractivity (Wildman–Crippen MR) is 337 cm³/mol. The van der Waals surface area contributed by atoms with Gasteiger partial charge in [-0.1, -0.05) is 110 Å². The molecule has 0 aromatic heterocycles. The van der Waals surface area contributed by atoms with Gasteiger partial charge in [-0.25, -0.2) is 0 Å². The van der Waals surface area contributed by atoms with Crippen LogP contribution in [-0.2, 0) is 0 Å². The lowest BCUT2D eigenvalue weighted by atomic mass is 9.52. The highest BCUT2D eigenvalue weighted by molar-refractivity contribution is 5.95. The molecule has 0 N–H and O–H groups in total. The van der Waals surface area contributed by atoms with Crippen molar-refractivity contribution in [2.75, 3.05) is 92.1 Å². The Hall–Kier alpha value is -1.97. The molecule has 4 aliphatic carbocycles. The molecule has 0 aromatic carbocycles. The van der Waals surface area contributed by atoms with Gasteiger partial charge in [0, 0.05) is 47.9 Å². The molecule has 0 atom stereocenters. The first-order valence-corrected chi connectivity index (χ1v) is 32.3. The fraction of sp³-hybridized carbons (Fsp3) is 0.866. The summed E-state index contributed by atoms with van der Waals surface area (Å²) in [5.74, 6) is 3.36. The van der Waals surface area contributed by atoms with Crippen molar-refractivity contribution >= 4 is 18.1 Å². The third-order valence-electron chi connectivity index (χ3n) is 16.8. The highest BCUT2D eigenvalue weighted by Crippen LogP contribution is 2.58. The number of aliphatic imine (C=N–C) groups is 3. The van der Waals surface area contributed by atoms with Gasteiger partial charge in [0.25, 0.3) is 0 Å². The summed E-state index contributed by atoms with van der Waals surface area (Å²) in [6.07, 6.45) is 50.9. The van der Waals surface area contributed by atoms with Crippen molar-refractivity contribution in [3.63, 3.8) is 0 Å². The average molecular weight is 1050 g/mol. The van der Waals surface area contributed by atoms with Gasteiger partial charge < -0.3 is 14.7 Å². The molecule has 9 fully saturated rings. The fourth-order valence-electron chi connectivity index (χ4n) is 12.8. The summed E-state index contributed by atoms with van der Waals surface area (Å²) in [6, 6.07) is 0.769. The van der Waals surface area contributed by atoms with E-state index in [-0.39, 0.29) is 0 Å². The molecular formula is C67H128N8. The molecule has 8 heteroatoms. The average Bonchev–Trinajstić information content (AvgIpc) is 4.27. The van der Waals surface area contributed by atoms with Gasteiger partial charge in [-0.2, -0.15) is 0 Å². The molecule has 0 radical (unpaired) electrons. The number of hydrogen-bond acceptors (Lipinski definition) is 8. The number of piperidine rings is 5. The molecule has 0 spiro atoms. The lowest BCUT2D eigenvalue weighted by Gasteiger charge is -2.61. The lowest BCUT2D eigenvalue weighted by Crippen LogP contribution is -2.60. The summed E-state index contributed by atoms with van der Waals surface area (Å²) in [4.78, 5) is 24.7. The van der Waals surface area contributed by atoms with Gasteiger partial charge in [0.15, 0.2) is 0 Å². The van der Waals surface area contributed by atoms with E-state index in [9.17, 15) is 0 Å². The number of allylic oxidation sites excluding steroid dienone is 3. The van der Waals surface area contributed by atoms with E-state index in [0.29, 0.717) is 11.1 Å². The van der Waals surface area contributed by atoms with E-state index in [4.69, 9.17) is 0 Å². The van der Waals surface area contributed by atoms with Gasteiger partial charge in [0.2, 0.25) is 0 Å². The maximum absolute atomic E-state index is 4.14. The van der Waals surface area contributed by atoms with Crippen molar-refractivity contribution in [2.24, 2.45) is 32.7 Å². The maximum Gasteiger partial charge on any atom is 0.0603 e. The molecule has 0 unspecified atom stereocenters. The van der Waals surface area contributed by atoms with Crippen molar-refractivity contribution in [3.05, 3.63) is 36.1 Å². The predicted octanol–water partition coefficient (Wildman–Crippen LogP) is 16.8. The maximum atomic E-state index is 4.14. The van der Waals surface area contributed by atoms with Gasteiger partial charge in [0.05, 0.1) is 13.1 Å². The van der Waals surface area contributed by atoms with Crippen LogP contribution in [0.3, 0.4) is 0 Å². The van der Waals surface area contributed by atoms with E-state index >= 15 is 0 Å². The molecule has 4 bridgehead atoms. The van der Waals surface area contributed by atoms with E-state index in [1.165, 1.54) is 200 Å². The van der Waals surface area contributed by atoms with Gasteiger partial charge in [-0.05, 0) is 260 Å². The normalized spacial score (nSPS) is 26.8. The Kier molecular flexibility index (Phi) is 39.6. The van der Waals surface area contributed by atoms with Gasteiger partial charge in [-0.15, -0.1) is 0 Å². The largest absolute Gasteiger partial charge is 0.306 e. The third kappa shape index (κ3) is 32.6. The van der Waals surface area contributed by atoms with Crippen LogP contribution in [0.1, 0.15) is 250 Å². The van der Waals surface area contributed by atoms with Crippen molar-refractivity contribution in [1.82, 2.24) is 24.5 Å². The van der Waals surface area contributed by atoms with Crippen LogP contribution in [-0.4, -0.2) is 152 Å². The van der Waals surface area contributed by atoms with Crippen LogP contribution in [0.4, 0.5) is 0 Å². The summed E-state index contributed by atoms with van der Waals surface area (Å²) in [6.45, 7) is 43.0. The van der Waals surface area contributed by atoms with Crippen molar-refractivity contribution in [1.29, 1.82) is 0 Å². The summed E-state index contributed by atoms with van der Waals surface area (Å²) < 4.78 is 0. The highest BCUT2D eigenvalue weighted by Gasteiger charge is 2.53. The van der Waals surface area contributed by atoms with Crippen LogP contribution in [0.5, 0.6) is 0 Å². The molecule has 436 valence electrons. The van der Waals surface area contributed by atoms with Crippen LogP contribution < -0.4 is 0 Å². The Morgan fingerprint density at radius 2 is 1.11 bits per heavy atom. The molecule has 0 aromatic rings. The molecule has 8 nitrogen and oxygen atoms in total. The Balaban J connectivity index is 0.000000295. The van der Waals surface area contributed by atoms with Crippen LogP contribution >= 0.6 is 0 Å². The van der Waals surface area contributed by atoms with E-state index in [2.05, 4.69) is 129 Å². The number of nitrogens with zero attached hydrogens (tertiary/aromatic N) is 8. The molecule has 12 rings (SSSR count). The zero-order chi connectivity index (χ0) is 55.0. The second-order valence-corrected chi connectivity index (χ2v) is 25.4. The summed E-state index contributed by atoms with van der Waals surface area (Å²) >= 11 is 0. The van der Waals surface area contributed by atoms with Crippen LogP contribution in [0.15, 0.2) is 51.1 Å². The molecule has 8 aliphatic heterocycles. The fourth-order valence-corrected chi connectivity index (χ4v) is 12.8. The zero-order valence-corrected chi connectivity index (χ0v) is 52.5. The van der Waals surface area contributed by atoms with Gasteiger partial charge in [-0.3, -0.25) is 24.8 Å². The summed E-state index contributed by atoms with van der Waals surface area (Å²) in [5.41, 5.74) is 3.64. The lowest BCUT2D eigenvalue weighted by molar-refractivity contribution is -0.0941. The van der Waals surface area contributed by atoms with Gasteiger partial charge in [0.1, 0.15) is 0 Å². The quantitative estimate of drug-likeness (QED) is 0.275. The molecule has 8 heterocycles. The number of unbranched alkanes of at least 4 members (excludes halogenated alkanes) is 2.